The Kier molecular flexibility index (Phi) is 8.18. The van der Waals surface area contributed by atoms with Crippen LogP contribution in [0.2, 0.25) is 0 Å². The van der Waals surface area contributed by atoms with Crippen LogP contribution in [-0.2, 0) is 14.8 Å². The van der Waals surface area contributed by atoms with Crippen LogP contribution in [-0.4, -0.2) is 69.3 Å². The summed E-state index contributed by atoms with van der Waals surface area (Å²) in [6.45, 7) is 8.99. The minimum absolute atomic E-state index is 0.0948. The van der Waals surface area contributed by atoms with Crippen molar-refractivity contribution in [3.8, 4) is 5.75 Å². The van der Waals surface area contributed by atoms with E-state index in [1.54, 1.807) is 37.4 Å². The molecule has 9 heteroatoms. The Balaban J connectivity index is 1.32. The maximum Gasteiger partial charge on any atom is 0.240 e. The Hall–Kier alpha value is -2.62. The molecule has 5 rings (SSSR count). The molecule has 3 fully saturated rings. The van der Waals surface area contributed by atoms with Crippen LogP contribution < -0.4 is 14.4 Å². The molecule has 0 spiro atoms. The number of aliphatic hydroxyl groups is 1. The number of rotatable bonds is 8. The fraction of sp³-hybridized carbons (Fsp3) is 0.594. The van der Waals surface area contributed by atoms with Crippen molar-refractivity contribution in [2.75, 3.05) is 38.2 Å². The van der Waals surface area contributed by atoms with Crippen LogP contribution in [0.3, 0.4) is 0 Å². The molecule has 1 amide bonds. The highest BCUT2D eigenvalue weighted by Crippen LogP contribution is 2.64. The first kappa shape index (κ1) is 29.9. The zero-order chi connectivity index (χ0) is 29.5. The SMILES string of the molecule is COc1ccccc1N1CCN(C(=O)CCC23CCC(C)(O)CC2C(C)(C)CC3NS(=O)(=O)c2ccccc2)CC1. The molecule has 8 nitrogen and oxygen atoms in total. The molecule has 41 heavy (non-hydrogen) atoms. The molecule has 2 saturated carbocycles. The van der Waals surface area contributed by atoms with Crippen molar-refractivity contribution in [3.05, 3.63) is 54.6 Å². The highest BCUT2D eigenvalue weighted by atomic mass is 32.2. The normalized spacial score (nSPS) is 29.7. The zero-order valence-electron chi connectivity index (χ0n) is 24.8. The van der Waals surface area contributed by atoms with E-state index in [0.29, 0.717) is 51.6 Å². The summed E-state index contributed by atoms with van der Waals surface area (Å²) < 4.78 is 35.6. The minimum Gasteiger partial charge on any atom is -0.495 e. The molecule has 224 valence electrons. The number of hydrogen-bond donors (Lipinski definition) is 2. The monoisotopic (exact) mass is 583 g/mol. The maximum atomic E-state index is 13.6. The van der Waals surface area contributed by atoms with E-state index < -0.39 is 21.0 Å². The van der Waals surface area contributed by atoms with E-state index in [0.717, 1.165) is 24.5 Å². The molecular weight excluding hydrogens is 538 g/mol. The smallest absolute Gasteiger partial charge is 0.240 e. The fourth-order valence-electron chi connectivity index (χ4n) is 7.84. The van der Waals surface area contributed by atoms with Gasteiger partial charge in [-0.05, 0) is 80.0 Å². The molecular formula is C32H45N3O5S. The van der Waals surface area contributed by atoms with Crippen molar-refractivity contribution < 1.29 is 23.1 Å². The van der Waals surface area contributed by atoms with Gasteiger partial charge in [0.2, 0.25) is 15.9 Å². The van der Waals surface area contributed by atoms with Crippen molar-refractivity contribution in [1.82, 2.24) is 9.62 Å². The fourth-order valence-corrected chi connectivity index (χ4v) is 9.18. The summed E-state index contributed by atoms with van der Waals surface area (Å²) in [5, 5.41) is 11.1. The van der Waals surface area contributed by atoms with Gasteiger partial charge in [0, 0.05) is 38.6 Å². The topological polar surface area (TPSA) is 99.2 Å². The van der Waals surface area contributed by atoms with Crippen LogP contribution >= 0.6 is 0 Å². The van der Waals surface area contributed by atoms with E-state index in [-0.39, 0.29) is 28.2 Å². The third-order valence-electron chi connectivity index (χ3n) is 10.0. The van der Waals surface area contributed by atoms with E-state index in [9.17, 15) is 18.3 Å². The van der Waals surface area contributed by atoms with Crippen molar-refractivity contribution in [2.24, 2.45) is 16.7 Å². The molecule has 1 heterocycles. The summed E-state index contributed by atoms with van der Waals surface area (Å²) in [5.74, 6) is 1.04. The Morgan fingerprint density at radius 1 is 0.976 bits per heavy atom. The van der Waals surface area contributed by atoms with Crippen LogP contribution in [0, 0.1) is 16.7 Å². The van der Waals surface area contributed by atoms with E-state index in [2.05, 4.69) is 23.5 Å². The molecule has 2 aromatic rings. The van der Waals surface area contributed by atoms with Crippen LogP contribution in [0.1, 0.15) is 59.3 Å². The number of fused-ring (bicyclic) bond motifs is 1. The van der Waals surface area contributed by atoms with Crippen LogP contribution in [0.25, 0.3) is 0 Å². The first-order chi connectivity index (χ1) is 19.4. The number of carbonyl (C=O) groups excluding carboxylic acids is 1. The molecule has 3 aliphatic rings. The molecule has 0 aromatic heterocycles. The van der Waals surface area contributed by atoms with Crippen molar-refractivity contribution in [1.29, 1.82) is 0 Å². The Bertz CT molecular complexity index is 1340. The van der Waals surface area contributed by atoms with Crippen LogP contribution in [0.15, 0.2) is 59.5 Å². The number of piperazine rings is 1. The van der Waals surface area contributed by atoms with Gasteiger partial charge in [0.05, 0.1) is 23.3 Å². The second-order valence-corrected chi connectivity index (χ2v) is 14.9. The summed E-state index contributed by atoms with van der Waals surface area (Å²) in [7, 11) is -2.06. The lowest BCUT2D eigenvalue weighted by Gasteiger charge is -2.51. The predicted molar refractivity (Wildman–Crippen MR) is 160 cm³/mol. The van der Waals surface area contributed by atoms with Gasteiger partial charge in [0.25, 0.3) is 0 Å². The molecule has 0 bridgehead atoms. The van der Waals surface area contributed by atoms with E-state index >= 15 is 0 Å². The number of amides is 1. The molecule has 2 aromatic carbocycles. The molecule has 4 unspecified atom stereocenters. The first-order valence-electron chi connectivity index (χ1n) is 14.8. The molecule has 2 aliphatic carbocycles. The number of anilines is 1. The van der Waals surface area contributed by atoms with E-state index in [1.807, 2.05) is 36.1 Å². The van der Waals surface area contributed by atoms with Gasteiger partial charge in [-0.2, -0.15) is 0 Å². The third-order valence-corrected chi connectivity index (χ3v) is 11.5. The Labute approximate surface area is 245 Å². The molecule has 1 saturated heterocycles. The molecule has 1 aliphatic heterocycles. The number of nitrogens with one attached hydrogen (secondary N) is 1. The minimum atomic E-state index is -3.73. The van der Waals surface area contributed by atoms with E-state index in [4.69, 9.17) is 4.74 Å². The van der Waals surface area contributed by atoms with Gasteiger partial charge in [-0.25, -0.2) is 13.1 Å². The highest BCUT2D eigenvalue weighted by Gasteiger charge is 2.62. The standard InChI is InChI=1S/C32H45N3O5S/c1-30(2)23-28(33-41(38,39)24-10-6-5-7-11-24)32(17-16-31(3,37)22-27(30)32)15-14-29(36)35-20-18-34(19-21-35)25-12-8-9-13-26(25)40-4/h5-13,27-28,33,37H,14-23H2,1-4H3. The summed E-state index contributed by atoms with van der Waals surface area (Å²) in [4.78, 5) is 18.0. The van der Waals surface area contributed by atoms with Gasteiger partial charge in [0.1, 0.15) is 5.75 Å². The highest BCUT2D eigenvalue weighted by molar-refractivity contribution is 7.89. The average Bonchev–Trinajstić information content (AvgIpc) is 3.16. The Morgan fingerprint density at radius 3 is 2.32 bits per heavy atom. The quantitative estimate of drug-likeness (QED) is 0.477. The summed E-state index contributed by atoms with van der Waals surface area (Å²) in [6, 6.07) is 16.2. The van der Waals surface area contributed by atoms with Crippen LogP contribution in [0.5, 0.6) is 5.75 Å². The van der Waals surface area contributed by atoms with Gasteiger partial charge in [-0.15, -0.1) is 0 Å². The lowest BCUT2D eigenvalue weighted by molar-refractivity contribution is -0.133. The second-order valence-electron chi connectivity index (χ2n) is 13.2. The number of nitrogens with zero attached hydrogens (tertiary/aromatic N) is 2. The zero-order valence-corrected chi connectivity index (χ0v) is 25.6. The lowest BCUT2D eigenvalue weighted by atomic mass is 9.57. The van der Waals surface area contributed by atoms with Crippen molar-refractivity contribution in [3.63, 3.8) is 0 Å². The van der Waals surface area contributed by atoms with Gasteiger partial charge >= 0.3 is 0 Å². The van der Waals surface area contributed by atoms with Crippen LogP contribution in [0.4, 0.5) is 5.69 Å². The second kappa shape index (κ2) is 11.2. The van der Waals surface area contributed by atoms with Gasteiger partial charge in [-0.1, -0.05) is 44.2 Å². The van der Waals surface area contributed by atoms with Gasteiger partial charge in [0.15, 0.2) is 0 Å². The number of hydrogen-bond acceptors (Lipinski definition) is 6. The first-order valence-corrected chi connectivity index (χ1v) is 16.3. The number of benzene rings is 2. The average molecular weight is 584 g/mol. The van der Waals surface area contributed by atoms with E-state index in [1.165, 1.54) is 0 Å². The number of carbonyl (C=O) groups is 1. The largest absolute Gasteiger partial charge is 0.495 e. The number of sulfonamides is 1. The third kappa shape index (κ3) is 5.99. The predicted octanol–water partition coefficient (Wildman–Crippen LogP) is 4.44. The number of para-hydroxylation sites is 2. The lowest BCUT2D eigenvalue weighted by Crippen LogP contribution is -2.53. The summed E-state index contributed by atoms with van der Waals surface area (Å²) in [6.07, 6.45) is 3.53. The summed E-state index contributed by atoms with van der Waals surface area (Å²) >= 11 is 0. The maximum absolute atomic E-state index is 13.6. The molecule has 2 N–H and O–H groups in total. The van der Waals surface area contributed by atoms with Gasteiger partial charge < -0.3 is 19.6 Å². The molecule has 0 radical (unpaired) electrons. The number of methoxy groups -OCH3 is 1. The van der Waals surface area contributed by atoms with Crippen molar-refractivity contribution >= 4 is 21.6 Å². The Morgan fingerprint density at radius 2 is 1.63 bits per heavy atom. The van der Waals surface area contributed by atoms with Crippen molar-refractivity contribution in [2.45, 2.75) is 75.8 Å². The molecule has 4 atom stereocenters. The summed E-state index contributed by atoms with van der Waals surface area (Å²) in [5.41, 5.74) is -0.336. The van der Waals surface area contributed by atoms with Gasteiger partial charge in [-0.3, -0.25) is 4.79 Å². The number of ether oxygens (including phenoxy) is 1.